The molecule has 0 saturated carbocycles. The van der Waals surface area contributed by atoms with Crippen LogP contribution < -0.4 is 0 Å². The van der Waals surface area contributed by atoms with Crippen LogP contribution in [0.15, 0.2) is 18.3 Å². The first-order chi connectivity index (χ1) is 9.13. The van der Waals surface area contributed by atoms with Crippen LogP contribution in [0.5, 0.6) is 0 Å². The molecule has 2 aromatic rings. The molecule has 0 aromatic carbocycles. The number of imidazole rings is 1. The van der Waals surface area contributed by atoms with Gasteiger partial charge >= 0.3 is 0 Å². The minimum absolute atomic E-state index is 0.171. The van der Waals surface area contributed by atoms with Crippen molar-refractivity contribution in [3.05, 3.63) is 24.2 Å². The zero-order chi connectivity index (χ0) is 13.8. The van der Waals surface area contributed by atoms with Crippen LogP contribution in [0, 0.1) is 0 Å². The van der Waals surface area contributed by atoms with Crippen molar-refractivity contribution in [1.29, 1.82) is 0 Å². The second kappa shape index (κ2) is 6.48. The molecule has 0 spiro atoms. The summed E-state index contributed by atoms with van der Waals surface area (Å²) in [4.78, 5) is 8.95. The summed E-state index contributed by atoms with van der Waals surface area (Å²) in [6.07, 6.45) is 5.09. The molecule has 0 bridgehead atoms. The van der Waals surface area contributed by atoms with Crippen molar-refractivity contribution in [3.63, 3.8) is 0 Å². The lowest BCUT2D eigenvalue weighted by molar-refractivity contribution is 0.608. The van der Waals surface area contributed by atoms with Gasteiger partial charge in [0.25, 0.3) is 0 Å². The SMILES string of the molecule is CC(CCn1c(CCCl)nc2cccnc21)S(C)=O. The third-order valence-corrected chi connectivity index (χ3v) is 4.78. The van der Waals surface area contributed by atoms with Crippen molar-refractivity contribution >= 4 is 33.6 Å². The van der Waals surface area contributed by atoms with Crippen molar-refractivity contribution in [2.45, 2.75) is 31.6 Å². The minimum Gasteiger partial charge on any atom is -0.313 e. The first kappa shape index (κ1) is 14.5. The van der Waals surface area contributed by atoms with Gasteiger partial charge in [0.2, 0.25) is 0 Å². The van der Waals surface area contributed by atoms with Gasteiger partial charge in [0.05, 0.1) is 0 Å². The van der Waals surface area contributed by atoms with E-state index in [2.05, 4.69) is 14.5 Å². The number of hydrogen-bond donors (Lipinski definition) is 0. The molecule has 0 fully saturated rings. The maximum Gasteiger partial charge on any atom is 0.159 e. The number of rotatable bonds is 6. The number of pyridine rings is 1. The predicted octanol–water partition coefficient (Wildman–Crippen LogP) is 2.37. The van der Waals surface area contributed by atoms with Crippen LogP contribution in [-0.4, -0.2) is 36.1 Å². The van der Waals surface area contributed by atoms with E-state index in [1.165, 1.54) is 0 Å². The highest BCUT2D eigenvalue weighted by Gasteiger charge is 2.13. The Bertz CT molecular complexity index is 584. The van der Waals surface area contributed by atoms with E-state index in [4.69, 9.17) is 11.6 Å². The molecule has 2 heterocycles. The number of halogens is 1. The lowest BCUT2D eigenvalue weighted by Gasteiger charge is -2.11. The van der Waals surface area contributed by atoms with Crippen molar-refractivity contribution in [2.24, 2.45) is 0 Å². The van der Waals surface area contributed by atoms with E-state index in [-0.39, 0.29) is 5.25 Å². The summed E-state index contributed by atoms with van der Waals surface area (Å²) < 4.78 is 13.5. The van der Waals surface area contributed by atoms with E-state index in [9.17, 15) is 4.21 Å². The molecule has 4 nitrogen and oxygen atoms in total. The zero-order valence-electron chi connectivity index (χ0n) is 11.2. The third-order valence-electron chi connectivity index (χ3n) is 3.23. The Morgan fingerprint density at radius 3 is 3.00 bits per heavy atom. The molecule has 0 aliphatic heterocycles. The Morgan fingerprint density at radius 1 is 1.53 bits per heavy atom. The van der Waals surface area contributed by atoms with Gasteiger partial charge in [0.1, 0.15) is 11.3 Å². The van der Waals surface area contributed by atoms with Gasteiger partial charge in [-0.3, -0.25) is 4.21 Å². The van der Waals surface area contributed by atoms with Gasteiger partial charge in [-0.05, 0) is 18.6 Å². The quantitative estimate of drug-likeness (QED) is 0.769. The molecular weight excluding hydrogens is 282 g/mol. The first-order valence-electron chi connectivity index (χ1n) is 6.31. The van der Waals surface area contributed by atoms with Gasteiger partial charge in [-0.2, -0.15) is 0 Å². The number of aromatic nitrogens is 3. The van der Waals surface area contributed by atoms with Crippen LogP contribution in [0.1, 0.15) is 19.2 Å². The van der Waals surface area contributed by atoms with E-state index < -0.39 is 10.8 Å². The minimum atomic E-state index is -0.796. The van der Waals surface area contributed by atoms with Crippen molar-refractivity contribution in [3.8, 4) is 0 Å². The highest BCUT2D eigenvalue weighted by atomic mass is 35.5. The van der Waals surface area contributed by atoms with Gasteiger partial charge in [0, 0.05) is 47.3 Å². The Morgan fingerprint density at radius 2 is 2.32 bits per heavy atom. The van der Waals surface area contributed by atoms with Crippen molar-refractivity contribution in [2.75, 3.05) is 12.1 Å². The third kappa shape index (κ3) is 3.34. The summed E-state index contributed by atoms with van der Waals surface area (Å²) in [7, 11) is -0.796. The van der Waals surface area contributed by atoms with Gasteiger partial charge < -0.3 is 4.57 Å². The Labute approximate surface area is 120 Å². The van der Waals surface area contributed by atoms with E-state index in [1.54, 1.807) is 12.5 Å². The highest BCUT2D eigenvalue weighted by Crippen LogP contribution is 2.16. The molecule has 0 radical (unpaired) electrons. The van der Waals surface area contributed by atoms with Gasteiger partial charge in [-0.25, -0.2) is 9.97 Å². The summed E-state index contributed by atoms with van der Waals surface area (Å²) in [6, 6.07) is 3.84. The molecule has 0 aliphatic rings. The van der Waals surface area contributed by atoms with Crippen LogP contribution in [0.25, 0.3) is 11.2 Å². The monoisotopic (exact) mass is 299 g/mol. The molecule has 2 atom stereocenters. The van der Waals surface area contributed by atoms with Crippen LogP contribution >= 0.6 is 11.6 Å². The normalized spacial score (nSPS) is 14.7. The largest absolute Gasteiger partial charge is 0.313 e. The molecule has 2 aromatic heterocycles. The van der Waals surface area contributed by atoms with Gasteiger partial charge in [-0.15, -0.1) is 11.6 Å². The van der Waals surface area contributed by atoms with E-state index in [0.29, 0.717) is 5.88 Å². The Hall–Kier alpha value is -0.940. The van der Waals surface area contributed by atoms with Crippen molar-refractivity contribution in [1.82, 2.24) is 14.5 Å². The molecule has 0 aliphatic carbocycles. The van der Waals surface area contributed by atoms with Gasteiger partial charge in [0.15, 0.2) is 5.65 Å². The lowest BCUT2D eigenvalue weighted by Crippen LogP contribution is -2.14. The van der Waals surface area contributed by atoms with E-state index in [0.717, 1.165) is 36.4 Å². The summed E-state index contributed by atoms with van der Waals surface area (Å²) >= 11 is 5.83. The average molecular weight is 300 g/mol. The summed E-state index contributed by atoms with van der Waals surface area (Å²) in [5, 5.41) is 0.171. The molecule has 6 heteroatoms. The smallest absolute Gasteiger partial charge is 0.159 e. The van der Waals surface area contributed by atoms with E-state index in [1.807, 2.05) is 19.1 Å². The molecule has 19 heavy (non-hydrogen) atoms. The molecule has 104 valence electrons. The van der Waals surface area contributed by atoms with Crippen LogP contribution in [0.2, 0.25) is 0 Å². The molecule has 2 rings (SSSR count). The Kier molecular flexibility index (Phi) is 4.93. The molecule has 0 saturated heterocycles. The molecule has 0 N–H and O–H groups in total. The molecule has 0 amide bonds. The zero-order valence-corrected chi connectivity index (χ0v) is 12.7. The lowest BCUT2D eigenvalue weighted by atomic mass is 10.3. The van der Waals surface area contributed by atoms with Crippen LogP contribution in [-0.2, 0) is 23.8 Å². The maximum atomic E-state index is 11.4. The van der Waals surface area contributed by atoms with Gasteiger partial charge in [-0.1, -0.05) is 6.92 Å². The number of aryl methyl sites for hydroxylation is 2. The number of nitrogens with zero attached hydrogens (tertiary/aromatic N) is 3. The summed E-state index contributed by atoms with van der Waals surface area (Å²) in [5.74, 6) is 1.50. The standard InChI is InChI=1S/C13H18ClN3OS/c1-10(19(2)18)6-9-17-12(5-7-14)16-11-4-3-8-15-13(11)17/h3-4,8,10H,5-7,9H2,1-2H3. The van der Waals surface area contributed by atoms with Crippen molar-refractivity contribution < 1.29 is 4.21 Å². The van der Waals surface area contributed by atoms with Crippen LogP contribution in [0.3, 0.4) is 0 Å². The number of alkyl halides is 1. The number of hydrogen-bond acceptors (Lipinski definition) is 3. The number of fused-ring (bicyclic) bond motifs is 1. The second-order valence-electron chi connectivity index (χ2n) is 4.56. The fraction of sp³-hybridized carbons (Fsp3) is 0.538. The maximum absolute atomic E-state index is 11.4. The highest BCUT2D eigenvalue weighted by molar-refractivity contribution is 7.84. The topological polar surface area (TPSA) is 47.8 Å². The fourth-order valence-corrected chi connectivity index (χ4v) is 2.60. The first-order valence-corrected chi connectivity index (χ1v) is 8.47. The average Bonchev–Trinajstić information content (AvgIpc) is 2.74. The van der Waals surface area contributed by atoms with Crippen LogP contribution in [0.4, 0.5) is 0 Å². The molecule has 2 unspecified atom stereocenters. The summed E-state index contributed by atoms with van der Waals surface area (Å²) in [5.41, 5.74) is 1.78. The molecular formula is C13H18ClN3OS. The van der Waals surface area contributed by atoms with E-state index >= 15 is 0 Å². The summed E-state index contributed by atoms with van der Waals surface area (Å²) in [6.45, 7) is 2.78. The fourth-order valence-electron chi connectivity index (χ4n) is 1.99. The Balaban J connectivity index is 2.28. The predicted molar refractivity (Wildman–Crippen MR) is 80.1 cm³/mol. The second-order valence-corrected chi connectivity index (χ2v) is 6.74.